The maximum Gasteiger partial charge on any atom is 0.326 e. The Morgan fingerprint density at radius 1 is 1.09 bits per heavy atom. The van der Waals surface area contributed by atoms with Gasteiger partial charge in [-0.05, 0) is 49.7 Å². The Morgan fingerprint density at radius 2 is 1.68 bits per heavy atom. The summed E-state index contributed by atoms with van der Waals surface area (Å²) in [4.78, 5) is 13.1. The smallest absolute Gasteiger partial charge is 0.326 e. The van der Waals surface area contributed by atoms with E-state index < -0.39 is 12.0 Å². The first-order chi connectivity index (χ1) is 10.6. The molecular weight excluding hydrogens is 278 g/mol. The summed E-state index contributed by atoms with van der Waals surface area (Å²) < 4.78 is 5.75. The van der Waals surface area contributed by atoms with E-state index in [1.54, 1.807) is 6.92 Å². The largest absolute Gasteiger partial charge is 0.480 e. The molecule has 0 amide bonds. The summed E-state index contributed by atoms with van der Waals surface area (Å²) in [5, 5.41) is 9.22. The van der Waals surface area contributed by atoms with Crippen molar-refractivity contribution >= 4 is 11.7 Å². The van der Waals surface area contributed by atoms with Crippen LogP contribution in [0.5, 0.6) is 11.5 Å². The number of carbonyl (C=O) groups is 1. The molecule has 0 unspecified atom stereocenters. The van der Waals surface area contributed by atoms with Crippen molar-refractivity contribution in [3.63, 3.8) is 0 Å². The lowest BCUT2D eigenvalue weighted by molar-refractivity contribution is -0.138. The second-order valence-electron chi connectivity index (χ2n) is 5.12. The minimum Gasteiger partial charge on any atom is -0.480 e. The number of para-hydroxylation sites is 1. The Morgan fingerprint density at radius 3 is 2.23 bits per heavy atom. The maximum atomic E-state index is 11.2. The van der Waals surface area contributed by atoms with E-state index in [0.717, 1.165) is 23.6 Å². The van der Waals surface area contributed by atoms with Gasteiger partial charge in [0.15, 0.2) is 0 Å². The van der Waals surface area contributed by atoms with Crippen molar-refractivity contribution in [2.24, 2.45) is 0 Å². The fraction of sp³-hybridized carbons (Fsp3) is 0.278. The van der Waals surface area contributed by atoms with Gasteiger partial charge in [0.05, 0.1) is 0 Å². The number of anilines is 1. The van der Waals surface area contributed by atoms with Crippen LogP contribution in [-0.4, -0.2) is 23.7 Å². The van der Waals surface area contributed by atoms with Gasteiger partial charge >= 0.3 is 5.97 Å². The molecule has 1 N–H and O–H groups in total. The van der Waals surface area contributed by atoms with Gasteiger partial charge in [-0.3, -0.25) is 0 Å². The van der Waals surface area contributed by atoms with Gasteiger partial charge in [-0.1, -0.05) is 25.1 Å². The van der Waals surface area contributed by atoms with E-state index in [1.807, 2.05) is 66.4 Å². The number of rotatable bonds is 7. The number of hydrogen-bond donors (Lipinski definition) is 1. The van der Waals surface area contributed by atoms with E-state index >= 15 is 0 Å². The highest BCUT2D eigenvalue weighted by atomic mass is 16.5. The third-order valence-electron chi connectivity index (χ3n) is 3.44. The first-order valence-corrected chi connectivity index (χ1v) is 7.44. The summed E-state index contributed by atoms with van der Waals surface area (Å²) in [5.74, 6) is 0.687. The summed E-state index contributed by atoms with van der Waals surface area (Å²) in [7, 11) is 0. The Hall–Kier alpha value is -2.49. The second kappa shape index (κ2) is 7.50. The van der Waals surface area contributed by atoms with Crippen molar-refractivity contribution in [1.29, 1.82) is 0 Å². The number of nitrogens with zero attached hydrogens (tertiary/aromatic N) is 1. The van der Waals surface area contributed by atoms with E-state index in [1.165, 1.54) is 0 Å². The van der Waals surface area contributed by atoms with Gasteiger partial charge in [-0.25, -0.2) is 4.79 Å². The SMILES string of the molecule is CCCN(c1ccc(Oc2ccccc2)cc1)[C@H](C)C(=O)O. The van der Waals surface area contributed by atoms with Crippen LogP contribution in [-0.2, 0) is 4.79 Å². The predicted octanol–water partition coefficient (Wildman–Crippen LogP) is 4.17. The van der Waals surface area contributed by atoms with Crippen LogP contribution < -0.4 is 9.64 Å². The number of ether oxygens (including phenoxy) is 1. The third-order valence-corrected chi connectivity index (χ3v) is 3.44. The molecule has 1 atom stereocenters. The standard InChI is InChI=1S/C18H21NO3/c1-3-13-19(14(2)18(20)21)15-9-11-17(12-10-15)22-16-7-5-4-6-8-16/h4-12,14H,3,13H2,1-2H3,(H,20,21)/t14-/m1/s1. The highest BCUT2D eigenvalue weighted by molar-refractivity contribution is 5.77. The van der Waals surface area contributed by atoms with Crippen LogP contribution in [0.4, 0.5) is 5.69 Å². The molecule has 0 saturated carbocycles. The molecular formula is C18H21NO3. The quantitative estimate of drug-likeness (QED) is 0.833. The highest BCUT2D eigenvalue weighted by Gasteiger charge is 2.20. The average Bonchev–Trinajstić information content (AvgIpc) is 2.54. The van der Waals surface area contributed by atoms with Crippen LogP contribution in [0.1, 0.15) is 20.3 Å². The molecule has 0 bridgehead atoms. The summed E-state index contributed by atoms with van der Waals surface area (Å²) in [6.45, 7) is 4.44. The number of aliphatic carboxylic acids is 1. The van der Waals surface area contributed by atoms with Crippen molar-refractivity contribution < 1.29 is 14.6 Å². The molecule has 2 rings (SSSR count). The molecule has 22 heavy (non-hydrogen) atoms. The maximum absolute atomic E-state index is 11.2. The molecule has 0 aliphatic heterocycles. The van der Waals surface area contributed by atoms with Crippen LogP contribution >= 0.6 is 0 Å². The first kappa shape index (κ1) is 15.9. The molecule has 0 saturated heterocycles. The number of carboxylic acid groups (broad SMARTS) is 1. The zero-order valence-corrected chi connectivity index (χ0v) is 12.9. The number of carboxylic acids is 1. The zero-order valence-electron chi connectivity index (χ0n) is 12.9. The zero-order chi connectivity index (χ0) is 15.9. The molecule has 2 aromatic rings. The first-order valence-electron chi connectivity index (χ1n) is 7.44. The molecule has 0 aliphatic carbocycles. The van der Waals surface area contributed by atoms with Crippen molar-refractivity contribution in [1.82, 2.24) is 0 Å². The molecule has 0 heterocycles. The van der Waals surface area contributed by atoms with E-state index in [9.17, 15) is 9.90 Å². The molecule has 116 valence electrons. The van der Waals surface area contributed by atoms with Crippen molar-refractivity contribution in [3.05, 3.63) is 54.6 Å². The van der Waals surface area contributed by atoms with Crippen molar-refractivity contribution in [2.45, 2.75) is 26.3 Å². The monoisotopic (exact) mass is 299 g/mol. The van der Waals surface area contributed by atoms with Gasteiger partial charge in [0, 0.05) is 12.2 Å². The van der Waals surface area contributed by atoms with Gasteiger partial charge < -0.3 is 14.7 Å². The lowest BCUT2D eigenvalue weighted by Gasteiger charge is -2.28. The Kier molecular flexibility index (Phi) is 5.42. The molecule has 4 nitrogen and oxygen atoms in total. The molecule has 0 aromatic heterocycles. The van der Waals surface area contributed by atoms with Crippen LogP contribution in [0.25, 0.3) is 0 Å². The van der Waals surface area contributed by atoms with Crippen LogP contribution in [0.2, 0.25) is 0 Å². The molecule has 4 heteroatoms. The summed E-state index contributed by atoms with van der Waals surface area (Å²) >= 11 is 0. The Bertz CT molecular complexity index is 595. The van der Waals surface area contributed by atoms with Crippen LogP contribution in [0.3, 0.4) is 0 Å². The Balaban J connectivity index is 2.14. The molecule has 0 aliphatic rings. The normalized spacial score (nSPS) is 11.7. The highest BCUT2D eigenvalue weighted by Crippen LogP contribution is 2.25. The van der Waals surface area contributed by atoms with E-state index in [2.05, 4.69) is 0 Å². The molecule has 0 radical (unpaired) electrons. The summed E-state index contributed by atoms with van der Waals surface area (Å²) in [6, 6.07) is 16.5. The van der Waals surface area contributed by atoms with Gasteiger partial charge in [0.2, 0.25) is 0 Å². The Labute approximate surface area is 131 Å². The van der Waals surface area contributed by atoms with Crippen LogP contribution in [0.15, 0.2) is 54.6 Å². The lowest BCUT2D eigenvalue weighted by atomic mass is 10.2. The van der Waals surface area contributed by atoms with Crippen LogP contribution in [0, 0.1) is 0 Å². The molecule has 0 spiro atoms. The molecule has 2 aromatic carbocycles. The lowest BCUT2D eigenvalue weighted by Crippen LogP contribution is -2.39. The van der Waals surface area contributed by atoms with Gasteiger partial charge in [-0.15, -0.1) is 0 Å². The van der Waals surface area contributed by atoms with Gasteiger partial charge in [0.25, 0.3) is 0 Å². The fourth-order valence-corrected chi connectivity index (χ4v) is 2.25. The summed E-state index contributed by atoms with van der Waals surface area (Å²) in [5.41, 5.74) is 0.886. The van der Waals surface area contributed by atoms with E-state index in [4.69, 9.17) is 4.74 Å². The van der Waals surface area contributed by atoms with Crippen molar-refractivity contribution in [3.8, 4) is 11.5 Å². The van der Waals surface area contributed by atoms with Gasteiger partial charge in [-0.2, -0.15) is 0 Å². The average molecular weight is 299 g/mol. The van der Waals surface area contributed by atoms with E-state index in [-0.39, 0.29) is 0 Å². The molecule has 0 fully saturated rings. The summed E-state index contributed by atoms with van der Waals surface area (Å²) in [6.07, 6.45) is 0.889. The van der Waals surface area contributed by atoms with Crippen molar-refractivity contribution in [2.75, 3.05) is 11.4 Å². The second-order valence-corrected chi connectivity index (χ2v) is 5.12. The topological polar surface area (TPSA) is 49.8 Å². The van der Waals surface area contributed by atoms with Gasteiger partial charge in [0.1, 0.15) is 17.5 Å². The number of hydrogen-bond acceptors (Lipinski definition) is 3. The van der Waals surface area contributed by atoms with E-state index in [0.29, 0.717) is 6.54 Å². The minimum absolute atomic E-state index is 0.555. The minimum atomic E-state index is -0.821. The predicted molar refractivity (Wildman–Crippen MR) is 87.7 cm³/mol. The fourth-order valence-electron chi connectivity index (χ4n) is 2.25. The number of benzene rings is 2. The third kappa shape index (κ3) is 4.01.